The van der Waals surface area contributed by atoms with E-state index in [2.05, 4.69) is 9.80 Å². The molecule has 0 aromatic rings. The van der Waals surface area contributed by atoms with E-state index in [1.54, 1.807) is 0 Å². The number of rotatable bonds is 6. The fourth-order valence-electron chi connectivity index (χ4n) is 3.44. The maximum Gasteiger partial charge on any atom is 0.222 e. The van der Waals surface area contributed by atoms with Gasteiger partial charge in [-0.2, -0.15) is 0 Å². The van der Waals surface area contributed by atoms with Crippen molar-refractivity contribution in [3.63, 3.8) is 0 Å². The van der Waals surface area contributed by atoms with E-state index in [1.807, 2.05) is 0 Å². The second-order valence-corrected chi connectivity index (χ2v) is 6.36. The zero-order valence-corrected chi connectivity index (χ0v) is 12.7. The Morgan fingerprint density at radius 1 is 1.00 bits per heavy atom. The number of hydrogen-bond donors (Lipinski definition) is 1. The standard InChI is InChI=1S/C16H30N2O2/c19-13-5-4-8-17-9-11-18(12-10-17)16(20)14-15-6-2-1-3-7-15/h15,19H,1-14H2. The van der Waals surface area contributed by atoms with E-state index in [0.29, 0.717) is 18.4 Å². The number of carbonyl (C=O) groups is 1. The highest BCUT2D eigenvalue weighted by atomic mass is 16.2. The second kappa shape index (κ2) is 8.63. The van der Waals surface area contributed by atoms with E-state index in [9.17, 15) is 4.79 Å². The lowest BCUT2D eigenvalue weighted by molar-refractivity contribution is -0.134. The number of piperazine rings is 1. The zero-order valence-electron chi connectivity index (χ0n) is 12.7. The first-order chi connectivity index (χ1) is 9.79. The molecule has 0 aromatic heterocycles. The predicted octanol–water partition coefficient (Wildman–Crippen LogP) is 1.87. The molecule has 116 valence electrons. The third kappa shape index (κ3) is 5.06. The minimum atomic E-state index is 0.292. The molecule has 1 amide bonds. The van der Waals surface area contributed by atoms with Crippen LogP contribution >= 0.6 is 0 Å². The summed E-state index contributed by atoms with van der Waals surface area (Å²) in [4.78, 5) is 16.8. The van der Waals surface area contributed by atoms with Crippen molar-refractivity contribution in [3.05, 3.63) is 0 Å². The van der Waals surface area contributed by atoms with Gasteiger partial charge in [-0.3, -0.25) is 9.69 Å². The van der Waals surface area contributed by atoms with Gasteiger partial charge in [0.15, 0.2) is 0 Å². The van der Waals surface area contributed by atoms with Crippen LogP contribution in [0.25, 0.3) is 0 Å². The van der Waals surface area contributed by atoms with Crippen molar-refractivity contribution in [2.24, 2.45) is 5.92 Å². The lowest BCUT2D eigenvalue weighted by Gasteiger charge is -2.35. The van der Waals surface area contributed by atoms with E-state index >= 15 is 0 Å². The minimum absolute atomic E-state index is 0.292. The van der Waals surface area contributed by atoms with Crippen LogP contribution in [0.5, 0.6) is 0 Å². The minimum Gasteiger partial charge on any atom is -0.396 e. The molecule has 0 radical (unpaired) electrons. The van der Waals surface area contributed by atoms with Gasteiger partial charge in [0.25, 0.3) is 0 Å². The quantitative estimate of drug-likeness (QED) is 0.756. The summed E-state index contributed by atoms with van der Waals surface area (Å²) in [7, 11) is 0. The second-order valence-electron chi connectivity index (χ2n) is 6.36. The Bertz CT molecular complexity index is 282. The van der Waals surface area contributed by atoms with Gasteiger partial charge in [-0.15, -0.1) is 0 Å². The van der Waals surface area contributed by atoms with Gasteiger partial charge in [-0.05, 0) is 38.1 Å². The smallest absolute Gasteiger partial charge is 0.222 e. The van der Waals surface area contributed by atoms with Crippen LogP contribution in [0.15, 0.2) is 0 Å². The molecule has 1 saturated heterocycles. The molecule has 4 heteroatoms. The zero-order chi connectivity index (χ0) is 14.2. The number of hydrogen-bond acceptors (Lipinski definition) is 3. The van der Waals surface area contributed by atoms with Crippen LogP contribution in [0.2, 0.25) is 0 Å². The van der Waals surface area contributed by atoms with E-state index in [0.717, 1.165) is 52.0 Å². The highest BCUT2D eigenvalue weighted by Crippen LogP contribution is 2.27. The Morgan fingerprint density at radius 3 is 2.35 bits per heavy atom. The molecule has 1 N–H and O–H groups in total. The number of amides is 1. The van der Waals surface area contributed by atoms with Crippen LogP contribution in [0.1, 0.15) is 51.4 Å². The third-order valence-corrected chi connectivity index (χ3v) is 4.80. The fourth-order valence-corrected chi connectivity index (χ4v) is 3.44. The summed E-state index contributed by atoms with van der Waals surface area (Å²) in [5.41, 5.74) is 0. The monoisotopic (exact) mass is 282 g/mol. The third-order valence-electron chi connectivity index (χ3n) is 4.80. The van der Waals surface area contributed by atoms with Crippen molar-refractivity contribution in [1.29, 1.82) is 0 Å². The van der Waals surface area contributed by atoms with Gasteiger partial charge in [-0.1, -0.05) is 19.3 Å². The largest absolute Gasteiger partial charge is 0.396 e. The molecule has 1 heterocycles. The number of nitrogens with zero attached hydrogens (tertiary/aromatic N) is 2. The van der Waals surface area contributed by atoms with Gasteiger partial charge >= 0.3 is 0 Å². The molecular formula is C16H30N2O2. The van der Waals surface area contributed by atoms with Crippen molar-refractivity contribution >= 4 is 5.91 Å². The van der Waals surface area contributed by atoms with Gasteiger partial charge in [0.2, 0.25) is 5.91 Å². The molecule has 0 bridgehead atoms. The van der Waals surface area contributed by atoms with Gasteiger partial charge in [0, 0.05) is 39.2 Å². The first-order valence-electron chi connectivity index (χ1n) is 8.40. The predicted molar refractivity (Wildman–Crippen MR) is 80.5 cm³/mol. The van der Waals surface area contributed by atoms with Gasteiger partial charge < -0.3 is 10.0 Å². The van der Waals surface area contributed by atoms with Crippen molar-refractivity contribution in [2.45, 2.75) is 51.4 Å². The van der Waals surface area contributed by atoms with Crippen molar-refractivity contribution in [3.8, 4) is 0 Å². The maximum absolute atomic E-state index is 12.3. The summed E-state index contributed by atoms with van der Waals surface area (Å²) in [6.07, 6.45) is 9.24. The molecule has 1 saturated carbocycles. The molecule has 0 unspecified atom stereocenters. The van der Waals surface area contributed by atoms with E-state index in [4.69, 9.17) is 5.11 Å². The van der Waals surface area contributed by atoms with Gasteiger partial charge in [0.1, 0.15) is 0 Å². The molecule has 20 heavy (non-hydrogen) atoms. The number of unbranched alkanes of at least 4 members (excludes halogenated alkanes) is 1. The molecule has 1 aliphatic heterocycles. The SMILES string of the molecule is O=C(CC1CCCCC1)N1CCN(CCCCO)CC1. The summed E-state index contributed by atoms with van der Waals surface area (Å²) in [5, 5.41) is 8.79. The molecule has 0 aromatic carbocycles. The Hall–Kier alpha value is -0.610. The van der Waals surface area contributed by atoms with Crippen molar-refractivity contribution in [2.75, 3.05) is 39.3 Å². The molecule has 0 atom stereocenters. The van der Waals surface area contributed by atoms with E-state index < -0.39 is 0 Å². The van der Waals surface area contributed by atoms with Crippen LogP contribution in [-0.2, 0) is 4.79 Å². The topological polar surface area (TPSA) is 43.8 Å². The van der Waals surface area contributed by atoms with Crippen LogP contribution in [0, 0.1) is 5.92 Å². The van der Waals surface area contributed by atoms with Crippen LogP contribution in [0.3, 0.4) is 0 Å². The van der Waals surface area contributed by atoms with Crippen molar-refractivity contribution < 1.29 is 9.90 Å². The Balaban J connectivity index is 1.63. The summed E-state index contributed by atoms with van der Waals surface area (Å²) in [6.45, 7) is 5.14. The molecule has 2 rings (SSSR count). The fraction of sp³-hybridized carbons (Fsp3) is 0.938. The summed E-state index contributed by atoms with van der Waals surface area (Å²) in [5.74, 6) is 1.03. The molecule has 2 aliphatic rings. The molecule has 4 nitrogen and oxygen atoms in total. The lowest BCUT2D eigenvalue weighted by Crippen LogP contribution is -2.49. The first-order valence-corrected chi connectivity index (χ1v) is 8.40. The van der Waals surface area contributed by atoms with Crippen molar-refractivity contribution in [1.82, 2.24) is 9.80 Å². The molecule has 0 spiro atoms. The summed E-state index contributed by atoms with van der Waals surface area (Å²) < 4.78 is 0. The molecule has 2 fully saturated rings. The van der Waals surface area contributed by atoms with E-state index in [1.165, 1.54) is 32.1 Å². The number of carbonyl (C=O) groups excluding carboxylic acids is 1. The Labute approximate surface area is 123 Å². The summed E-state index contributed by atoms with van der Waals surface area (Å²) in [6, 6.07) is 0. The van der Waals surface area contributed by atoms with E-state index in [-0.39, 0.29) is 0 Å². The Kier molecular flexibility index (Phi) is 6.80. The normalized spacial score (nSPS) is 22.1. The lowest BCUT2D eigenvalue weighted by atomic mass is 9.86. The van der Waals surface area contributed by atoms with Crippen LogP contribution in [0.4, 0.5) is 0 Å². The average Bonchev–Trinajstić information content (AvgIpc) is 2.49. The highest BCUT2D eigenvalue weighted by Gasteiger charge is 2.24. The first kappa shape index (κ1) is 15.8. The van der Waals surface area contributed by atoms with Crippen LogP contribution in [-0.4, -0.2) is 60.1 Å². The number of aliphatic hydroxyl groups is 1. The maximum atomic E-state index is 12.3. The number of aliphatic hydroxyl groups excluding tert-OH is 1. The van der Waals surface area contributed by atoms with Gasteiger partial charge in [-0.25, -0.2) is 0 Å². The molecular weight excluding hydrogens is 252 g/mol. The highest BCUT2D eigenvalue weighted by molar-refractivity contribution is 5.76. The summed E-state index contributed by atoms with van der Waals surface area (Å²) >= 11 is 0. The average molecular weight is 282 g/mol. The van der Waals surface area contributed by atoms with Crippen LogP contribution < -0.4 is 0 Å². The molecule has 1 aliphatic carbocycles. The van der Waals surface area contributed by atoms with Gasteiger partial charge in [0.05, 0.1) is 0 Å². The Morgan fingerprint density at radius 2 is 1.70 bits per heavy atom.